The van der Waals surface area contributed by atoms with Crippen molar-refractivity contribution in [3.8, 4) is 0 Å². The number of imidazole rings is 1. The molecule has 1 rings (SSSR count). The predicted octanol–water partition coefficient (Wildman–Crippen LogP) is 4.71. The average molecular weight is 380 g/mol. The summed E-state index contributed by atoms with van der Waals surface area (Å²) >= 11 is 2.19. The molecule has 0 fully saturated rings. The molecule has 0 spiro atoms. The molecule has 1 aromatic heterocycles. The van der Waals surface area contributed by atoms with E-state index >= 15 is 0 Å². The molecule has 3 nitrogen and oxygen atoms in total. The van der Waals surface area contributed by atoms with Crippen molar-refractivity contribution in [2.24, 2.45) is 0 Å². The number of aromatic nitrogens is 2. The molecule has 1 N–H and O–H groups in total. The van der Waals surface area contributed by atoms with Gasteiger partial charge in [0.05, 0.1) is 12.3 Å². The minimum Gasteiger partial charge on any atom is -0.410 e. The molecule has 0 radical (unpaired) electrons. The molecule has 0 saturated carbocycles. The quantitative estimate of drug-likeness (QED) is 0.574. The Balaban J connectivity index is 2.85. The van der Waals surface area contributed by atoms with Gasteiger partial charge in [-0.1, -0.05) is 41.5 Å². The van der Waals surface area contributed by atoms with Gasteiger partial charge in [-0.25, -0.2) is 4.98 Å². The van der Waals surface area contributed by atoms with Gasteiger partial charge in [-0.2, -0.15) is 0 Å². The van der Waals surface area contributed by atoms with Crippen LogP contribution in [0.15, 0.2) is 6.20 Å². The van der Waals surface area contributed by atoms with E-state index in [0.717, 1.165) is 9.53 Å². The smallest absolute Gasteiger partial charge is 0.200 e. The molecule has 0 aromatic carbocycles. The Bertz CT molecular complexity index is 355. The first-order valence-electron chi connectivity index (χ1n) is 6.64. The lowest BCUT2D eigenvalue weighted by molar-refractivity contribution is 0.262. The van der Waals surface area contributed by atoms with Crippen LogP contribution in [0, 0.1) is 3.83 Å². The summed E-state index contributed by atoms with van der Waals surface area (Å²) < 4.78 is 7.39. The van der Waals surface area contributed by atoms with Crippen LogP contribution in [0.25, 0.3) is 0 Å². The number of H-pyrrole nitrogens is 1. The number of rotatable bonds is 6. The molecule has 5 heteroatoms. The Hall–Kier alpha value is 0.117. The third kappa shape index (κ3) is 3.36. The maximum atomic E-state index is 6.47. The van der Waals surface area contributed by atoms with Crippen LogP contribution in [0.4, 0.5) is 0 Å². The van der Waals surface area contributed by atoms with Gasteiger partial charge in [-0.15, -0.1) is 0 Å². The van der Waals surface area contributed by atoms with Crippen LogP contribution in [0.3, 0.4) is 0 Å². The van der Waals surface area contributed by atoms with Gasteiger partial charge >= 0.3 is 0 Å². The molecule has 0 amide bonds. The predicted molar refractivity (Wildman–Crippen MR) is 87.1 cm³/mol. The number of halogens is 1. The van der Waals surface area contributed by atoms with Gasteiger partial charge in [-0.05, 0) is 39.2 Å². The summed E-state index contributed by atoms with van der Waals surface area (Å²) in [6, 6.07) is 0. The number of aromatic amines is 1. The van der Waals surface area contributed by atoms with E-state index in [4.69, 9.17) is 4.43 Å². The van der Waals surface area contributed by atoms with Crippen LogP contribution < -0.4 is 0 Å². The van der Waals surface area contributed by atoms with Crippen molar-refractivity contribution in [1.82, 2.24) is 9.97 Å². The first-order chi connectivity index (χ1) is 8.30. The van der Waals surface area contributed by atoms with Crippen molar-refractivity contribution in [3.05, 3.63) is 15.7 Å². The highest BCUT2D eigenvalue weighted by Crippen LogP contribution is 2.42. The van der Waals surface area contributed by atoms with Crippen molar-refractivity contribution in [2.75, 3.05) is 0 Å². The fourth-order valence-electron chi connectivity index (χ4n) is 3.11. The Morgan fingerprint density at radius 1 is 1.17 bits per heavy atom. The van der Waals surface area contributed by atoms with Gasteiger partial charge in [0.1, 0.15) is 0 Å². The molecule has 104 valence electrons. The minimum absolute atomic E-state index is 0.621. The fraction of sp³-hybridized carbons (Fsp3) is 0.769. The van der Waals surface area contributed by atoms with E-state index in [1.54, 1.807) is 0 Å². The van der Waals surface area contributed by atoms with Crippen molar-refractivity contribution in [2.45, 2.75) is 64.8 Å². The summed E-state index contributed by atoms with van der Waals surface area (Å²) in [5.74, 6) is 0. The second-order valence-corrected chi connectivity index (χ2v) is 12.3. The zero-order valence-corrected chi connectivity index (χ0v) is 15.4. The highest BCUT2D eigenvalue weighted by Gasteiger charge is 2.45. The van der Waals surface area contributed by atoms with Crippen molar-refractivity contribution >= 4 is 30.9 Å². The second kappa shape index (κ2) is 6.52. The highest BCUT2D eigenvalue weighted by atomic mass is 127. The van der Waals surface area contributed by atoms with E-state index in [2.05, 4.69) is 74.1 Å². The number of nitrogens with zero attached hydrogens (tertiary/aromatic N) is 1. The van der Waals surface area contributed by atoms with Gasteiger partial charge < -0.3 is 9.41 Å². The Morgan fingerprint density at radius 3 is 2.00 bits per heavy atom. The summed E-state index contributed by atoms with van der Waals surface area (Å²) in [6.07, 6.45) is 1.95. The van der Waals surface area contributed by atoms with Crippen LogP contribution in [0.2, 0.25) is 16.6 Å². The SMILES string of the molecule is CC(C)[Si](OCc1c[nH]c(I)n1)(C(C)C)C(C)C. The van der Waals surface area contributed by atoms with Gasteiger partial charge in [0, 0.05) is 6.20 Å². The van der Waals surface area contributed by atoms with Crippen molar-refractivity contribution in [3.63, 3.8) is 0 Å². The molecule has 0 atom stereocenters. The summed E-state index contributed by atoms with van der Waals surface area (Å²) in [5, 5.41) is 0. The maximum absolute atomic E-state index is 6.47. The monoisotopic (exact) mass is 380 g/mol. The lowest BCUT2D eigenvalue weighted by Crippen LogP contribution is -2.47. The standard InChI is InChI=1S/C13H25IN2OSi/c1-9(2)18(10(3)4,11(5)6)17-8-12-7-15-13(14)16-12/h7,9-11H,8H2,1-6H3,(H,15,16). The van der Waals surface area contributed by atoms with E-state index in [1.165, 1.54) is 0 Å². The summed E-state index contributed by atoms with van der Waals surface area (Å²) in [4.78, 5) is 7.52. The third-order valence-electron chi connectivity index (χ3n) is 3.78. The number of hydrogen-bond donors (Lipinski definition) is 1. The molecule has 0 aliphatic carbocycles. The van der Waals surface area contributed by atoms with E-state index in [-0.39, 0.29) is 0 Å². The molecule has 0 aliphatic rings. The lowest BCUT2D eigenvalue weighted by Gasteiger charge is -2.42. The summed E-state index contributed by atoms with van der Waals surface area (Å²) in [5.41, 5.74) is 2.87. The van der Waals surface area contributed by atoms with Crippen LogP contribution in [-0.2, 0) is 11.0 Å². The van der Waals surface area contributed by atoms with E-state index in [9.17, 15) is 0 Å². The number of nitrogens with one attached hydrogen (secondary N) is 1. The highest BCUT2D eigenvalue weighted by molar-refractivity contribution is 14.1. The largest absolute Gasteiger partial charge is 0.410 e. The molecule has 18 heavy (non-hydrogen) atoms. The Kier molecular flexibility index (Phi) is 5.86. The van der Waals surface area contributed by atoms with Gasteiger partial charge in [0.15, 0.2) is 3.83 Å². The first-order valence-corrected chi connectivity index (χ1v) is 9.86. The molecule has 0 saturated heterocycles. The summed E-state index contributed by atoms with van der Waals surface area (Å²) in [7, 11) is -1.76. The third-order valence-corrected chi connectivity index (χ3v) is 10.4. The Morgan fingerprint density at radius 2 is 1.67 bits per heavy atom. The molecule has 0 bridgehead atoms. The molecule has 1 heterocycles. The molecule has 0 aliphatic heterocycles. The van der Waals surface area contributed by atoms with E-state index in [0.29, 0.717) is 23.2 Å². The van der Waals surface area contributed by atoms with Crippen molar-refractivity contribution < 1.29 is 4.43 Å². The van der Waals surface area contributed by atoms with Crippen molar-refractivity contribution in [1.29, 1.82) is 0 Å². The van der Waals surface area contributed by atoms with E-state index in [1.807, 2.05) is 6.20 Å². The minimum atomic E-state index is -1.76. The number of hydrogen-bond acceptors (Lipinski definition) is 2. The Labute approximate surface area is 125 Å². The molecular formula is C13H25IN2OSi. The van der Waals surface area contributed by atoms with Crippen LogP contribution >= 0.6 is 22.6 Å². The first kappa shape index (κ1) is 16.2. The van der Waals surface area contributed by atoms with Gasteiger partial charge in [-0.3, -0.25) is 0 Å². The average Bonchev–Trinajstić information content (AvgIpc) is 2.63. The fourth-order valence-corrected chi connectivity index (χ4v) is 8.97. The second-order valence-electron chi connectivity index (χ2n) is 5.79. The lowest BCUT2D eigenvalue weighted by atomic mass is 10.5. The molecular weight excluding hydrogens is 355 g/mol. The maximum Gasteiger partial charge on any atom is 0.200 e. The van der Waals surface area contributed by atoms with Crippen LogP contribution in [0.1, 0.15) is 47.2 Å². The van der Waals surface area contributed by atoms with Crippen LogP contribution in [0.5, 0.6) is 0 Å². The zero-order chi connectivity index (χ0) is 13.9. The van der Waals surface area contributed by atoms with Gasteiger partial charge in [0.25, 0.3) is 0 Å². The molecule has 0 unspecified atom stereocenters. The normalized spacial score (nSPS) is 13.0. The van der Waals surface area contributed by atoms with Crippen LogP contribution in [-0.4, -0.2) is 18.3 Å². The molecule has 1 aromatic rings. The van der Waals surface area contributed by atoms with E-state index < -0.39 is 8.32 Å². The summed E-state index contributed by atoms with van der Waals surface area (Å²) in [6.45, 7) is 14.5. The zero-order valence-electron chi connectivity index (χ0n) is 12.2. The topological polar surface area (TPSA) is 37.9 Å². The van der Waals surface area contributed by atoms with Gasteiger partial charge in [0.2, 0.25) is 8.32 Å².